The molecule has 0 aliphatic carbocycles. The molecule has 0 aromatic rings. The van der Waals surface area contributed by atoms with Gasteiger partial charge in [0, 0.05) is 6.61 Å². The maximum absolute atomic E-state index is 11.5. The molecule has 10 nitrogen and oxygen atoms in total. The second-order valence-electron chi connectivity index (χ2n) is 9.34. The molecule has 0 saturated carbocycles. The molecule has 0 saturated heterocycles. The van der Waals surface area contributed by atoms with Gasteiger partial charge in [-0.2, -0.15) is 0 Å². The van der Waals surface area contributed by atoms with Gasteiger partial charge >= 0.3 is 5.97 Å². The third-order valence-corrected chi connectivity index (χ3v) is 4.64. The van der Waals surface area contributed by atoms with E-state index in [1.807, 2.05) is 20.8 Å². The van der Waals surface area contributed by atoms with E-state index in [0.29, 0.717) is 92.5 Å². The summed E-state index contributed by atoms with van der Waals surface area (Å²) < 4.78 is 48.5. The van der Waals surface area contributed by atoms with Crippen molar-refractivity contribution in [1.29, 1.82) is 0 Å². The van der Waals surface area contributed by atoms with Gasteiger partial charge in [0.25, 0.3) is 0 Å². The largest absolute Gasteiger partial charge is 0.458 e. The van der Waals surface area contributed by atoms with E-state index >= 15 is 0 Å². The summed E-state index contributed by atoms with van der Waals surface area (Å²) >= 11 is 0. The molecule has 0 aromatic heterocycles. The number of hydrogen-bond acceptors (Lipinski definition) is 10. The maximum atomic E-state index is 11.5. The van der Waals surface area contributed by atoms with Crippen molar-refractivity contribution in [1.82, 2.24) is 0 Å². The molecule has 0 amide bonds. The quantitative estimate of drug-likeness (QED) is 0.104. The predicted octanol–water partition coefficient (Wildman–Crippen LogP) is 3.43. The van der Waals surface area contributed by atoms with Gasteiger partial charge in [-0.1, -0.05) is 32.6 Å². The fraction of sp³-hybridized carbons (Fsp3) is 0.963. The monoisotopic (exact) mass is 538 g/mol. The first-order valence-corrected chi connectivity index (χ1v) is 13.8. The molecule has 0 fully saturated rings. The normalized spacial score (nSPS) is 11.8. The minimum Gasteiger partial charge on any atom is -0.458 e. The Balaban J connectivity index is 3.09. The van der Waals surface area contributed by atoms with E-state index in [4.69, 9.17) is 42.6 Å². The molecular formula is C27H54O10. The van der Waals surface area contributed by atoms with Crippen molar-refractivity contribution in [2.75, 3.05) is 106 Å². The van der Waals surface area contributed by atoms with Gasteiger partial charge in [0.1, 0.15) is 12.2 Å². The Morgan fingerprint density at radius 1 is 0.459 bits per heavy atom. The topological polar surface area (TPSA) is 100 Å². The number of hydrogen-bond donors (Lipinski definition) is 0. The Kier molecular flexibility index (Phi) is 27.5. The van der Waals surface area contributed by atoms with Crippen molar-refractivity contribution in [3.8, 4) is 0 Å². The van der Waals surface area contributed by atoms with Crippen LogP contribution in [0.25, 0.3) is 0 Å². The van der Waals surface area contributed by atoms with Gasteiger partial charge in [-0.3, -0.25) is 0 Å². The number of ether oxygens (including phenoxy) is 9. The highest BCUT2D eigenvalue weighted by atomic mass is 16.6. The number of carbonyl (C=O) groups excluding carboxylic acids is 1. The van der Waals surface area contributed by atoms with E-state index in [2.05, 4.69) is 6.92 Å². The number of carbonyl (C=O) groups is 1. The number of rotatable bonds is 29. The molecule has 0 aliphatic heterocycles. The zero-order valence-corrected chi connectivity index (χ0v) is 23.9. The second-order valence-corrected chi connectivity index (χ2v) is 9.34. The average Bonchev–Trinajstić information content (AvgIpc) is 2.84. The Morgan fingerprint density at radius 3 is 1.14 bits per heavy atom. The molecule has 0 N–H and O–H groups in total. The molecule has 0 atom stereocenters. The molecular weight excluding hydrogens is 484 g/mol. The minimum atomic E-state index is -0.501. The van der Waals surface area contributed by atoms with Gasteiger partial charge in [0.15, 0.2) is 0 Å². The average molecular weight is 539 g/mol. The molecule has 10 heteroatoms. The van der Waals surface area contributed by atoms with E-state index in [1.54, 1.807) is 0 Å². The third kappa shape index (κ3) is 33.1. The van der Waals surface area contributed by atoms with Gasteiger partial charge in [-0.25, -0.2) is 4.79 Å². The Bertz CT molecular complexity index is 471. The van der Waals surface area contributed by atoms with E-state index in [-0.39, 0.29) is 12.6 Å². The van der Waals surface area contributed by atoms with E-state index < -0.39 is 5.60 Å². The summed E-state index contributed by atoms with van der Waals surface area (Å²) in [4.78, 5) is 11.5. The van der Waals surface area contributed by atoms with Crippen LogP contribution in [-0.2, 0) is 47.4 Å². The molecule has 0 aromatic carbocycles. The van der Waals surface area contributed by atoms with Gasteiger partial charge in [0.2, 0.25) is 0 Å². The van der Waals surface area contributed by atoms with Crippen molar-refractivity contribution in [2.45, 2.75) is 65.4 Å². The SMILES string of the molecule is CCCCCCCOCCOCCOCCOCCOCCOCCOCCOCC(=O)OC(C)(C)C. The zero-order valence-electron chi connectivity index (χ0n) is 23.9. The van der Waals surface area contributed by atoms with E-state index in [9.17, 15) is 4.79 Å². The van der Waals surface area contributed by atoms with Crippen LogP contribution in [0.5, 0.6) is 0 Å². The molecule has 37 heavy (non-hydrogen) atoms. The summed E-state index contributed by atoms with van der Waals surface area (Å²) in [5.41, 5.74) is -0.501. The van der Waals surface area contributed by atoms with Crippen molar-refractivity contribution < 1.29 is 47.4 Å². The number of unbranched alkanes of at least 4 members (excludes halogenated alkanes) is 4. The summed E-state index contributed by atoms with van der Waals surface area (Å²) in [5, 5.41) is 0. The number of esters is 1. The summed E-state index contributed by atoms with van der Waals surface area (Å²) in [6.45, 7) is 15.5. The minimum absolute atomic E-state index is 0.0736. The maximum Gasteiger partial charge on any atom is 0.332 e. The highest BCUT2D eigenvalue weighted by Gasteiger charge is 2.15. The Morgan fingerprint density at radius 2 is 0.784 bits per heavy atom. The van der Waals surface area contributed by atoms with Crippen LogP contribution in [-0.4, -0.2) is 117 Å². The molecule has 0 unspecified atom stereocenters. The molecule has 0 radical (unpaired) electrons. The molecule has 0 bridgehead atoms. The molecule has 0 aliphatic rings. The fourth-order valence-corrected chi connectivity index (χ4v) is 2.87. The van der Waals surface area contributed by atoms with Crippen LogP contribution in [0.1, 0.15) is 59.8 Å². The Hall–Kier alpha value is -0.850. The zero-order chi connectivity index (χ0) is 27.3. The molecule has 0 heterocycles. The van der Waals surface area contributed by atoms with Crippen molar-refractivity contribution in [2.24, 2.45) is 0 Å². The third-order valence-electron chi connectivity index (χ3n) is 4.64. The van der Waals surface area contributed by atoms with Crippen LogP contribution < -0.4 is 0 Å². The van der Waals surface area contributed by atoms with Gasteiger partial charge in [0.05, 0.1) is 92.5 Å². The van der Waals surface area contributed by atoms with Crippen molar-refractivity contribution >= 4 is 5.97 Å². The van der Waals surface area contributed by atoms with Crippen LogP contribution in [0, 0.1) is 0 Å². The highest BCUT2D eigenvalue weighted by molar-refractivity contribution is 5.71. The lowest BCUT2D eigenvalue weighted by Gasteiger charge is -2.19. The van der Waals surface area contributed by atoms with Crippen LogP contribution in [0.2, 0.25) is 0 Å². The summed E-state index contributed by atoms with van der Waals surface area (Å²) in [6, 6.07) is 0. The first kappa shape index (κ1) is 36.1. The lowest BCUT2D eigenvalue weighted by Crippen LogP contribution is -2.27. The van der Waals surface area contributed by atoms with Gasteiger partial charge < -0.3 is 42.6 Å². The van der Waals surface area contributed by atoms with Gasteiger partial charge in [-0.15, -0.1) is 0 Å². The summed E-state index contributed by atoms with van der Waals surface area (Å²) in [5.74, 6) is -0.379. The van der Waals surface area contributed by atoms with E-state index in [0.717, 1.165) is 13.0 Å². The van der Waals surface area contributed by atoms with Crippen LogP contribution in [0.15, 0.2) is 0 Å². The predicted molar refractivity (Wildman–Crippen MR) is 141 cm³/mol. The second kappa shape index (κ2) is 28.2. The highest BCUT2D eigenvalue weighted by Crippen LogP contribution is 2.06. The lowest BCUT2D eigenvalue weighted by molar-refractivity contribution is -0.160. The van der Waals surface area contributed by atoms with E-state index in [1.165, 1.54) is 25.7 Å². The molecule has 0 rings (SSSR count). The first-order valence-electron chi connectivity index (χ1n) is 13.8. The van der Waals surface area contributed by atoms with Crippen LogP contribution in [0.3, 0.4) is 0 Å². The molecule has 0 spiro atoms. The van der Waals surface area contributed by atoms with Crippen molar-refractivity contribution in [3.63, 3.8) is 0 Å². The summed E-state index contributed by atoms with van der Waals surface area (Å²) in [7, 11) is 0. The first-order chi connectivity index (χ1) is 18.0. The molecule has 222 valence electrons. The summed E-state index contributed by atoms with van der Waals surface area (Å²) in [6.07, 6.45) is 6.27. The van der Waals surface area contributed by atoms with Crippen molar-refractivity contribution in [3.05, 3.63) is 0 Å². The smallest absolute Gasteiger partial charge is 0.332 e. The van der Waals surface area contributed by atoms with Gasteiger partial charge in [-0.05, 0) is 27.2 Å². The lowest BCUT2D eigenvalue weighted by atomic mass is 10.2. The fourth-order valence-electron chi connectivity index (χ4n) is 2.87. The Labute approximate surface area is 224 Å². The standard InChI is InChI=1S/C27H54O10/c1-5-6-7-8-9-10-29-11-12-30-13-14-31-15-16-32-17-18-33-19-20-34-21-22-35-23-24-36-25-26(28)37-27(2,3)4/h5-25H2,1-4H3. The van der Waals surface area contributed by atoms with Crippen LogP contribution in [0.4, 0.5) is 0 Å². The van der Waals surface area contributed by atoms with Crippen LogP contribution >= 0.6 is 0 Å².